The highest BCUT2D eigenvalue weighted by Gasteiger charge is 2.14. The van der Waals surface area contributed by atoms with Crippen LogP contribution in [0.25, 0.3) is 10.9 Å². The highest BCUT2D eigenvalue weighted by molar-refractivity contribution is 6.31. The van der Waals surface area contributed by atoms with Crippen LogP contribution < -0.4 is 0 Å². The minimum atomic E-state index is -0.700. The van der Waals surface area contributed by atoms with Crippen molar-refractivity contribution in [2.45, 2.75) is 39.0 Å². The summed E-state index contributed by atoms with van der Waals surface area (Å²) in [4.78, 5) is 0. The van der Waals surface area contributed by atoms with Crippen LogP contribution in [0.1, 0.15) is 25.8 Å². The topological polar surface area (TPSA) is 45.4 Å². The summed E-state index contributed by atoms with van der Waals surface area (Å²) in [5, 5.41) is 20.8. The van der Waals surface area contributed by atoms with E-state index in [1.807, 2.05) is 29.0 Å². The van der Waals surface area contributed by atoms with Crippen LogP contribution in [0.3, 0.4) is 0 Å². The van der Waals surface area contributed by atoms with Crippen molar-refractivity contribution in [3.05, 3.63) is 35.0 Å². The molecule has 0 aliphatic carbocycles. The van der Waals surface area contributed by atoms with Gasteiger partial charge < -0.3 is 14.8 Å². The molecule has 0 aliphatic heterocycles. The third-order valence-electron chi connectivity index (χ3n) is 3.06. The van der Waals surface area contributed by atoms with Crippen LogP contribution in [0.2, 0.25) is 5.02 Å². The molecule has 0 unspecified atom stereocenters. The average Bonchev–Trinajstić information content (AvgIpc) is 2.63. The van der Waals surface area contributed by atoms with Crippen molar-refractivity contribution in [1.29, 1.82) is 0 Å². The molecule has 18 heavy (non-hydrogen) atoms. The van der Waals surface area contributed by atoms with Crippen LogP contribution in [0.15, 0.2) is 24.4 Å². The highest BCUT2D eigenvalue weighted by atomic mass is 35.5. The lowest BCUT2D eigenvalue weighted by molar-refractivity contribution is 0.0666. The molecule has 0 aliphatic rings. The molecular formula is C14H18ClNO2. The zero-order valence-electron chi connectivity index (χ0n) is 10.7. The molecule has 1 heterocycles. The lowest BCUT2D eigenvalue weighted by Crippen LogP contribution is -2.20. The molecule has 0 fully saturated rings. The Bertz CT molecular complexity index is 555. The summed E-state index contributed by atoms with van der Waals surface area (Å²) < 4.78 is 2.03. The van der Waals surface area contributed by atoms with Crippen molar-refractivity contribution in [3.8, 4) is 0 Å². The summed E-state index contributed by atoms with van der Waals surface area (Å²) in [6.45, 7) is 4.28. The molecule has 1 aromatic carbocycles. The standard InChI is InChI=1S/C14H18ClNO2/c1-14(2,18)5-6-16-8-10(9-17)12-4-3-11(15)7-13(12)16/h3-4,7-8,17-18H,5-6,9H2,1-2H3. The number of aromatic nitrogens is 1. The van der Waals surface area contributed by atoms with Gasteiger partial charge in [0.05, 0.1) is 12.2 Å². The van der Waals surface area contributed by atoms with Gasteiger partial charge in [0, 0.05) is 34.2 Å². The van der Waals surface area contributed by atoms with Crippen LogP contribution in [-0.2, 0) is 13.2 Å². The van der Waals surface area contributed by atoms with Gasteiger partial charge in [0.1, 0.15) is 0 Å². The van der Waals surface area contributed by atoms with Gasteiger partial charge in [-0.3, -0.25) is 0 Å². The SMILES string of the molecule is CC(C)(O)CCn1cc(CO)c2ccc(Cl)cc21. The first-order valence-corrected chi connectivity index (χ1v) is 6.39. The molecule has 0 saturated heterocycles. The number of benzene rings is 1. The monoisotopic (exact) mass is 267 g/mol. The number of rotatable bonds is 4. The Kier molecular flexibility index (Phi) is 3.66. The van der Waals surface area contributed by atoms with Gasteiger partial charge in [-0.05, 0) is 32.4 Å². The molecule has 0 atom stereocenters. The van der Waals surface area contributed by atoms with Gasteiger partial charge in [0.25, 0.3) is 0 Å². The first-order valence-electron chi connectivity index (χ1n) is 6.01. The number of hydrogen-bond donors (Lipinski definition) is 2. The van der Waals surface area contributed by atoms with E-state index in [1.54, 1.807) is 13.8 Å². The maximum Gasteiger partial charge on any atom is 0.0702 e. The molecule has 4 heteroatoms. The molecule has 0 bridgehead atoms. The van der Waals surface area contributed by atoms with Gasteiger partial charge in [-0.25, -0.2) is 0 Å². The molecule has 0 spiro atoms. The van der Waals surface area contributed by atoms with Crippen molar-refractivity contribution >= 4 is 22.5 Å². The Hall–Kier alpha value is -1.03. The molecule has 2 N–H and O–H groups in total. The molecule has 2 rings (SSSR count). The molecule has 98 valence electrons. The predicted octanol–water partition coefficient (Wildman–Crippen LogP) is 2.95. The second kappa shape index (κ2) is 4.92. The minimum Gasteiger partial charge on any atom is -0.392 e. The number of aliphatic hydroxyl groups excluding tert-OH is 1. The van der Waals surface area contributed by atoms with Crippen molar-refractivity contribution in [3.63, 3.8) is 0 Å². The maximum absolute atomic E-state index is 9.78. The molecule has 0 amide bonds. The van der Waals surface area contributed by atoms with E-state index in [4.69, 9.17) is 11.6 Å². The second-order valence-electron chi connectivity index (χ2n) is 5.23. The summed E-state index contributed by atoms with van der Waals surface area (Å²) in [6.07, 6.45) is 2.57. The Morgan fingerprint density at radius 1 is 1.33 bits per heavy atom. The number of nitrogens with zero attached hydrogens (tertiary/aromatic N) is 1. The highest BCUT2D eigenvalue weighted by Crippen LogP contribution is 2.26. The summed E-state index contributed by atoms with van der Waals surface area (Å²) >= 11 is 6.01. The fourth-order valence-corrected chi connectivity index (χ4v) is 2.21. The number of hydrogen-bond acceptors (Lipinski definition) is 2. The number of fused-ring (bicyclic) bond motifs is 1. The smallest absolute Gasteiger partial charge is 0.0702 e. The van der Waals surface area contributed by atoms with E-state index >= 15 is 0 Å². The van der Waals surface area contributed by atoms with Crippen LogP contribution in [0.5, 0.6) is 0 Å². The zero-order valence-corrected chi connectivity index (χ0v) is 11.4. The van der Waals surface area contributed by atoms with E-state index in [0.29, 0.717) is 18.0 Å². The van der Waals surface area contributed by atoms with E-state index in [2.05, 4.69) is 0 Å². The number of aryl methyl sites for hydroxylation is 1. The molecular weight excluding hydrogens is 250 g/mol. The van der Waals surface area contributed by atoms with E-state index < -0.39 is 5.60 Å². The lowest BCUT2D eigenvalue weighted by atomic mass is 10.1. The van der Waals surface area contributed by atoms with Gasteiger partial charge in [0.2, 0.25) is 0 Å². The summed E-state index contributed by atoms with van der Waals surface area (Å²) in [5.74, 6) is 0. The Morgan fingerprint density at radius 2 is 2.06 bits per heavy atom. The van der Waals surface area contributed by atoms with Crippen LogP contribution in [0, 0.1) is 0 Å². The fourth-order valence-electron chi connectivity index (χ4n) is 2.05. The normalized spacial score (nSPS) is 12.3. The number of halogens is 1. The van der Waals surface area contributed by atoms with Crippen molar-refractivity contribution in [2.75, 3.05) is 0 Å². The van der Waals surface area contributed by atoms with Gasteiger partial charge in [0.15, 0.2) is 0 Å². The van der Waals surface area contributed by atoms with Crippen molar-refractivity contribution < 1.29 is 10.2 Å². The summed E-state index contributed by atoms with van der Waals surface area (Å²) in [6, 6.07) is 5.63. The molecule has 2 aromatic rings. The number of aliphatic hydroxyl groups is 2. The molecule has 0 radical (unpaired) electrons. The van der Waals surface area contributed by atoms with Gasteiger partial charge in [-0.15, -0.1) is 0 Å². The van der Waals surface area contributed by atoms with Gasteiger partial charge in [-0.1, -0.05) is 17.7 Å². The lowest BCUT2D eigenvalue weighted by Gasteiger charge is -2.17. The fraction of sp³-hybridized carbons (Fsp3) is 0.429. The third-order valence-corrected chi connectivity index (χ3v) is 3.30. The van der Waals surface area contributed by atoms with Gasteiger partial charge >= 0.3 is 0 Å². The second-order valence-corrected chi connectivity index (χ2v) is 5.67. The zero-order chi connectivity index (χ0) is 13.3. The molecule has 3 nitrogen and oxygen atoms in total. The van der Waals surface area contributed by atoms with Crippen molar-refractivity contribution in [1.82, 2.24) is 4.57 Å². The maximum atomic E-state index is 9.78. The minimum absolute atomic E-state index is 0.00759. The van der Waals surface area contributed by atoms with E-state index in [1.165, 1.54) is 0 Å². The van der Waals surface area contributed by atoms with E-state index in [0.717, 1.165) is 16.5 Å². The Labute approximate surface area is 112 Å². The van der Waals surface area contributed by atoms with E-state index in [-0.39, 0.29) is 6.61 Å². The molecule has 1 aromatic heterocycles. The van der Waals surface area contributed by atoms with E-state index in [9.17, 15) is 10.2 Å². The Balaban J connectivity index is 2.40. The summed E-state index contributed by atoms with van der Waals surface area (Å²) in [7, 11) is 0. The largest absolute Gasteiger partial charge is 0.392 e. The van der Waals surface area contributed by atoms with Crippen LogP contribution in [0.4, 0.5) is 0 Å². The average molecular weight is 268 g/mol. The van der Waals surface area contributed by atoms with Gasteiger partial charge in [-0.2, -0.15) is 0 Å². The molecule has 0 saturated carbocycles. The first kappa shape index (κ1) is 13.4. The quantitative estimate of drug-likeness (QED) is 0.895. The van der Waals surface area contributed by atoms with Crippen LogP contribution in [-0.4, -0.2) is 20.4 Å². The van der Waals surface area contributed by atoms with Crippen LogP contribution >= 0.6 is 11.6 Å². The van der Waals surface area contributed by atoms with Crippen molar-refractivity contribution in [2.24, 2.45) is 0 Å². The Morgan fingerprint density at radius 3 is 2.67 bits per heavy atom. The predicted molar refractivity (Wildman–Crippen MR) is 73.8 cm³/mol. The third kappa shape index (κ3) is 2.86. The summed E-state index contributed by atoms with van der Waals surface area (Å²) in [5.41, 5.74) is 1.18. The first-order chi connectivity index (χ1) is 8.40.